The van der Waals surface area contributed by atoms with Gasteiger partial charge in [0.15, 0.2) is 0 Å². The highest BCUT2D eigenvalue weighted by molar-refractivity contribution is 5.95. The van der Waals surface area contributed by atoms with Crippen LogP contribution in [-0.2, 0) is 0 Å². The highest BCUT2D eigenvalue weighted by Crippen LogP contribution is 2.40. The van der Waals surface area contributed by atoms with Crippen LogP contribution in [0.25, 0.3) is 0 Å². The number of aryl methyl sites for hydroxylation is 1. The number of amides is 3. The van der Waals surface area contributed by atoms with Crippen molar-refractivity contribution < 1.29 is 9.59 Å². The van der Waals surface area contributed by atoms with Gasteiger partial charge in [0.2, 0.25) is 0 Å². The lowest BCUT2D eigenvalue weighted by Gasteiger charge is -2.36. The first-order valence-electron chi connectivity index (χ1n) is 11.0. The molecule has 5 rings (SSSR count). The van der Waals surface area contributed by atoms with Gasteiger partial charge in [-0.05, 0) is 48.9 Å². The Morgan fingerprint density at radius 3 is 2.35 bits per heavy atom. The van der Waals surface area contributed by atoms with Gasteiger partial charge in [-0.25, -0.2) is 14.8 Å². The van der Waals surface area contributed by atoms with E-state index in [-0.39, 0.29) is 11.9 Å². The fourth-order valence-electron chi connectivity index (χ4n) is 4.40. The number of aromatic nitrogens is 2. The molecule has 1 aliphatic carbocycles. The summed E-state index contributed by atoms with van der Waals surface area (Å²) in [6, 6.07) is 5.76. The molecule has 3 fully saturated rings. The summed E-state index contributed by atoms with van der Waals surface area (Å²) in [6.07, 6.45) is 6.20. The molecule has 2 saturated heterocycles. The topological polar surface area (TPSA) is 72.9 Å². The lowest BCUT2D eigenvalue weighted by atomic mass is 10.1. The van der Waals surface area contributed by atoms with E-state index in [1.807, 2.05) is 17.2 Å². The molecule has 8 nitrogen and oxygen atoms in total. The molecule has 0 unspecified atom stereocenters. The van der Waals surface area contributed by atoms with Gasteiger partial charge in [0.25, 0.3) is 5.91 Å². The van der Waals surface area contributed by atoms with Crippen LogP contribution in [0.1, 0.15) is 40.4 Å². The number of piperazine rings is 1. The van der Waals surface area contributed by atoms with Crippen molar-refractivity contribution in [2.24, 2.45) is 0 Å². The second-order valence-electron chi connectivity index (χ2n) is 8.72. The molecule has 0 spiro atoms. The van der Waals surface area contributed by atoms with Crippen LogP contribution in [0.5, 0.6) is 0 Å². The molecule has 2 aromatic rings. The third-order valence-corrected chi connectivity index (χ3v) is 6.48. The van der Waals surface area contributed by atoms with Crippen molar-refractivity contribution in [3.05, 3.63) is 47.4 Å². The zero-order valence-electron chi connectivity index (χ0n) is 18.1. The molecule has 8 heteroatoms. The average Bonchev–Trinajstić information content (AvgIpc) is 3.59. The maximum absolute atomic E-state index is 12.9. The minimum Gasteiger partial charge on any atom is -0.353 e. The Balaban J connectivity index is 1.20. The van der Waals surface area contributed by atoms with E-state index in [1.165, 1.54) is 24.0 Å². The number of likely N-dealkylation sites (N-methyl/N-ethyl adjacent to an activating group) is 1. The Kier molecular flexibility index (Phi) is 5.00. The molecule has 0 aromatic carbocycles. The van der Waals surface area contributed by atoms with E-state index in [0.717, 1.165) is 24.6 Å². The molecule has 4 heterocycles. The van der Waals surface area contributed by atoms with E-state index in [4.69, 9.17) is 4.98 Å². The summed E-state index contributed by atoms with van der Waals surface area (Å²) in [6.45, 7) is 6.26. The summed E-state index contributed by atoms with van der Waals surface area (Å²) in [5, 5.41) is 0. The van der Waals surface area contributed by atoms with Crippen LogP contribution in [0, 0.1) is 6.92 Å². The van der Waals surface area contributed by atoms with Gasteiger partial charge in [0, 0.05) is 52.5 Å². The van der Waals surface area contributed by atoms with E-state index in [2.05, 4.69) is 22.9 Å². The Labute approximate surface area is 182 Å². The summed E-state index contributed by atoms with van der Waals surface area (Å²) in [5.41, 5.74) is 3.71. The molecular formula is C23H28N6O2. The lowest BCUT2D eigenvalue weighted by molar-refractivity contribution is 0.0740. The van der Waals surface area contributed by atoms with Crippen molar-refractivity contribution in [2.75, 3.05) is 56.1 Å². The number of hydrogen-bond donors (Lipinski definition) is 0. The minimum atomic E-state index is -0.0650. The largest absolute Gasteiger partial charge is 0.353 e. The smallest absolute Gasteiger partial charge is 0.324 e. The van der Waals surface area contributed by atoms with E-state index in [1.54, 1.807) is 29.1 Å². The average molecular weight is 421 g/mol. The van der Waals surface area contributed by atoms with Crippen LogP contribution in [0.3, 0.4) is 0 Å². The van der Waals surface area contributed by atoms with Crippen LogP contribution in [0.4, 0.5) is 16.3 Å². The van der Waals surface area contributed by atoms with Gasteiger partial charge in [-0.15, -0.1) is 0 Å². The number of urea groups is 1. The van der Waals surface area contributed by atoms with Gasteiger partial charge in [-0.1, -0.05) is 6.07 Å². The Hall–Kier alpha value is -3.16. The summed E-state index contributed by atoms with van der Waals surface area (Å²) in [7, 11) is 1.78. The molecular weight excluding hydrogens is 392 g/mol. The maximum atomic E-state index is 12.9. The van der Waals surface area contributed by atoms with Gasteiger partial charge in [-0.3, -0.25) is 9.69 Å². The third kappa shape index (κ3) is 3.82. The normalized spacial score (nSPS) is 19.4. The Morgan fingerprint density at radius 1 is 1.00 bits per heavy atom. The van der Waals surface area contributed by atoms with Crippen molar-refractivity contribution in [2.45, 2.75) is 25.7 Å². The standard InChI is InChI=1S/C23H28N6O2/c1-16-13-18(17-3-4-17)14-25-21(16)27-8-10-28(11-9-27)22(30)20-6-5-19(15-24-20)29-12-7-26(2)23(29)31/h5-6,13-15,17H,3-4,7-12H2,1-2H3. The first-order valence-corrected chi connectivity index (χ1v) is 11.0. The number of nitrogens with zero attached hydrogens (tertiary/aromatic N) is 6. The Bertz CT molecular complexity index is 996. The van der Waals surface area contributed by atoms with Crippen LogP contribution < -0.4 is 9.80 Å². The molecule has 0 bridgehead atoms. The number of hydrogen-bond acceptors (Lipinski definition) is 5. The van der Waals surface area contributed by atoms with E-state index < -0.39 is 0 Å². The molecule has 2 aliphatic heterocycles. The third-order valence-electron chi connectivity index (χ3n) is 6.48. The molecule has 1 saturated carbocycles. The number of pyridine rings is 2. The van der Waals surface area contributed by atoms with Crippen LogP contribution in [0.15, 0.2) is 30.6 Å². The minimum absolute atomic E-state index is 0.0361. The number of anilines is 2. The van der Waals surface area contributed by atoms with E-state index in [0.29, 0.717) is 37.8 Å². The fraction of sp³-hybridized carbons (Fsp3) is 0.478. The Morgan fingerprint density at radius 2 is 1.77 bits per heavy atom. The van der Waals surface area contributed by atoms with Gasteiger partial charge in [0.1, 0.15) is 11.5 Å². The predicted molar refractivity (Wildman–Crippen MR) is 119 cm³/mol. The highest BCUT2D eigenvalue weighted by atomic mass is 16.2. The molecule has 0 atom stereocenters. The maximum Gasteiger partial charge on any atom is 0.324 e. The predicted octanol–water partition coefficient (Wildman–Crippen LogP) is 2.50. The molecule has 0 N–H and O–H groups in total. The summed E-state index contributed by atoms with van der Waals surface area (Å²) < 4.78 is 0. The second-order valence-corrected chi connectivity index (χ2v) is 8.72. The summed E-state index contributed by atoms with van der Waals surface area (Å²) in [5.74, 6) is 1.67. The molecule has 3 aliphatic rings. The monoisotopic (exact) mass is 420 g/mol. The van der Waals surface area contributed by atoms with Crippen molar-refractivity contribution in [1.82, 2.24) is 19.8 Å². The van der Waals surface area contributed by atoms with Crippen molar-refractivity contribution in [3.8, 4) is 0 Å². The quantitative estimate of drug-likeness (QED) is 0.760. The van der Waals surface area contributed by atoms with Crippen molar-refractivity contribution in [1.29, 1.82) is 0 Å². The summed E-state index contributed by atoms with van der Waals surface area (Å²) in [4.78, 5) is 41.6. The van der Waals surface area contributed by atoms with E-state index >= 15 is 0 Å². The molecule has 162 valence electrons. The molecule has 3 amide bonds. The lowest BCUT2D eigenvalue weighted by Crippen LogP contribution is -2.49. The van der Waals surface area contributed by atoms with Gasteiger partial charge < -0.3 is 14.7 Å². The highest BCUT2D eigenvalue weighted by Gasteiger charge is 2.29. The zero-order valence-corrected chi connectivity index (χ0v) is 18.1. The molecule has 0 radical (unpaired) electrons. The first-order chi connectivity index (χ1) is 15.0. The SMILES string of the molecule is Cc1cc(C2CC2)cnc1N1CCN(C(=O)c2ccc(N3CCN(C)C3=O)cn2)CC1. The second kappa shape index (κ2) is 7.83. The number of carbonyl (C=O) groups excluding carboxylic acids is 2. The van der Waals surface area contributed by atoms with Gasteiger partial charge in [-0.2, -0.15) is 0 Å². The van der Waals surface area contributed by atoms with Crippen molar-refractivity contribution in [3.63, 3.8) is 0 Å². The first kappa shape index (κ1) is 19.8. The number of rotatable bonds is 4. The molecule has 31 heavy (non-hydrogen) atoms. The van der Waals surface area contributed by atoms with Gasteiger partial charge >= 0.3 is 6.03 Å². The zero-order chi connectivity index (χ0) is 21.5. The summed E-state index contributed by atoms with van der Waals surface area (Å²) >= 11 is 0. The fourth-order valence-corrected chi connectivity index (χ4v) is 4.40. The van der Waals surface area contributed by atoms with Crippen LogP contribution >= 0.6 is 0 Å². The molecule has 2 aromatic heterocycles. The van der Waals surface area contributed by atoms with Gasteiger partial charge in [0.05, 0.1) is 11.9 Å². The number of carbonyl (C=O) groups is 2. The van der Waals surface area contributed by atoms with Crippen LogP contribution in [-0.4, -0.2) is 78.0 Å². The van der Waals surface area contributed by atoms with Crippen LogP contribution in [0.2, 0.25) is 0 Å². The van der Waals surface area contributed by atoms with E-state index in [9.17, 15) is 9.59 Å². The van der Waals surface area contributed by atoms with Crippen molar-refractivity contribution >= 4 is 23.4 Å².